The molecule has 0 aromatic heterocycles. The molecular weight excluding hydrogens is 661 g/mol. The van der Waals surface area contributed by atoms with E-state index in [0.29, 0.717) is 19.3 Å². The van der Waals surface area contributed by atoms with Gasteiger partial charge in [0.1, 0.15) is 13.2 Å². The average Bonchev–Trinajstić information content (AvgIpc) is 3.15. The Labute approximate surface area is 329 Å². The summed E-state index contributed by atoms with van der Waals surface area (Å²) < 4.78 is 16.6. The lowest BCUT2D eigenvalue weighted by Crippen LogP contribution is -2.30. The molecule has 0 bridgehead atoms. The zero-order chi connectivity index (χ0) is 38.9. The molecule has 0 aliphatic carbocycles. The Balaban J connectivity index is 4.13. The number of hydrogen-bond acceptors (Lipinski definition) is 6. The van der Waals surface area contributed by atoms with Gasteiger partial charge in [0.15, 0.2) is 6.10 Å². The lowest BCUT2D eigenvalue weighted by Gasteiger charge is -2.18. The van der Waals surface area contributed by atoms with Crippen molar-refractivity contribution in [3.05, 3.63) is 0 Å². The van der Waals surface area contributed by atoms with Crippen LogP contribution < -0.4 is 0 Å². The van der Waals surface area contributed by atoms with Crippen molar-refractivity contribution in [2.24, 2.45) is 5.92 Å². The number of rotatable bonds is 42. The van der Waals surface area contributed by atoms with E-state index in [-0.39, 0.29) is 31.1 Å². The van der Waals surface area contributed by atoms with Crippen molar-refractivity contribution < 1.29 is 28.6 Å². The lowest BCUT2D eigenvalue weighted by atomic mass is 9.99. The van der Waals surface area contributed by atoms with Crippen LogP contribution in [-0.2, 0) is 28.6 Å². The first kappa shape index (κ1) is 51.4. The summed E-state index contributed by atoms with van der Waals surface area (Å²) in [5, 5.41) is 0. The van der Waals surface area contributed by atoms with Gasteiger partial charge >= 0.3 is 17.9 Å². The Kier molecular flexibility index (Phi) is 40.3. The number of carbonyl (C=O) groups is 3. The van der Waals surface area contributed by atoms with E-state index in [4.69, 9.17) is 14.2 Å². The van der Waals surface area contributed by atoms with E-state index >= 15 is 0 Å². The molecule has 0 rings (SSSR count). The zero-order valence-corrected chi connectivity index (χ0v) is 36.0. The van der Waals surface area contributed by atoms with Gasteiger partial charge in [0, 0.05) is 19.3 Å². The smallest absolute Gasteiger partial charge is 0.306 e. The molecule has 1 unspecified atom stereocenters. The molecule has 0 fully saturated rings. The maximum atomic E-state index is 12.7. The molecule has 0 aliphatic rings. The molecule has 0 aromatic rings. The minimum absolute atomic E-state index is 0.0650. The molecule has 0 saturated carbocycles. The van der Waals surface area contributed by atoms with Gasteiger partial charge in [0.2, 0.25) is 0 Å². The largest absolute Gasteiger partial charge is 0.462 e. The Morgan fingerprint density at radius 3 is 0.981 bits per heavy atom. The summed E-state index contributed by atoms with van der Waals surface area (Å²) in [5.41, 5.74) is 0. The number of esters is 3. The Hall–Kier alpha value is -1.59. The van der Waals surface area contributed by atoms with Crippen molar-refractivity contribution >= 4 is 17.9 Å². The van der Waals surface area contributed by atoms with Gasteiger partial charge in [-0.15, -0.1) is 0 Å². The first-order valence-electron chi connectivity index (χ1n) is 23.4. The molecule has 2 atom stereocenters. The molecule has 0 heterocycles. The van der Waals surface area contributed by atoms with Gasteiger partial charge in [-0.05, 0) is 25.2 Å². The van der Waals surface area contributed by atoms with Gasteiger partial charge in [-0.3, -0.25) is 14.4 Å². The summed E-state index contributed by atoms with van der Waals surface area (Å²) in [4.78, 5) is 37.5. The summed E-state index contributed by atoms with van der Waals surface area (Å²) in [6.07, 6.45) is 41.2. The highest BCUT2D eigenvalue weighted by molar-refractivity contribution is 5.71. The van der Waals surface area contributed by atoms with Crippen LogP contribution in [-0.4, -0.2) is 37.2 Å². The number of ether oxygens (including phenoxy) is 3. The van der Waals surface area contributed by atoms with Crippen molar-refractivity contribution in [2.75, 3.05) is 13.2 Å². The molecule has 0 saturated heterocycles. The van der Waals surface area contributed by atoms with Gasteiger partial charge in [-0.1, -0.05) is 220 Å². The van der Waals surface area contributed by atoms with Crippen LogP contribution in [0.1, 0.15) is 259 Å². The number of hydrogen-bond donors (Lipinski definition) is 0. The van der Waals surface area contributed by atoms with Crippen LogP contribution in [0.2, 0.25) is 0 Å². The van der Waals surface area contributed by atoms with Crippen molar-refractivity contribution in [1.29, 1.82) is 0 Å². The van der Waals surface area contributed by atoms with E-state index in [1.54, 1.807) is 0 Å². The molecule has 0 radical (unpaired) electrons. The maximum Gasteiger partial charge on any atom is 0.306 e. The third-order valence-corrected chi connectivity index (χ3v) is 10.9. The molecule has 0 spiro atoms. The predicted molar refractivity (Wildman–Crippen MR) is 224 cm³/mol. The minimum atomic E-state index is -0.758. The first-order valence-corrected chi connectivity index (χ1v) is 23.4. The fraction of sp³-hybridized carbons (Fsp3) is 0.936. The van der Waals surface area contributed by atoms with Crippen LogP contribution in [0.3, 0.4) is 0 Å². The number of carbonyl (C=O) groups excluding carboxylic acids is 3. The Morgan fingerprint density at radius 2 is 0.660 bits per heavy atom. The molecule has 0 N–H and O–H groups in total. The fourth-order valence-electron chi connectivity index (χ4n) is 6.95. The number of unbranched alkanes of at least 4 members (excludes halogenated alkanes) is 28. The molecule has 6 nitrogen and oxygen atoms in total. The highest BCUT2D eigenvalue weighted by Crippen LogP contribution is 2.17. The monoisotopic (exact) mass is 751 g/mol. The van der Waals surface area contributed by atoms with Gasteiger partial charge < -0.3 is 14.2 Å². The third kappa shape index (κ3) is 39.9. The molecule has 314 valence electrons. The van der Waals surface area contributed by atoms with Crippen molar-refractivity contribution in [1.82, 2.24) is 0 Å². The molecule has 53 heavy (non-hydrogen) atoms. The lowest BCUT2D eigenvalue weighted by molar-refractivity contribution is -0.167. The van der Waals surface area contributed by atoms with Crippen LogP contribution in [0.25, 0.3) is 0 Å². The van der Waals surface area contributed by atoms with Gasteiger partial charge in [-0.2, -0.15) is 0 Å². The van der Waals surface area contributed by atoms with E-state index in [2.05, 4.69) is 27.7 Å². The average molecular weight is 751 g/mol. The highest BCUT2D eigenvalue weighted by Gasteiger charge is 2.19. The SMILES string of the molecule is CCCCCCCCCCCCCCCCCCCCC(=O)OC[C@H](COC(=O)CCCCCCC)OC(=O)CCCCCCCCCCC(C)CC. The van der Waals surface area contributed by atoms with Crippen LogP contribution in [0.5, 0.6) is 0 Å². The van der Waals surface area contributed by atoms with Crippen molar-refractivity contribution in [3.63, 3.8) is 0 Å². The van der Waals surface area contributed by atoms with E-state index in [9.17, 15) is 14.4 Å². The predicted octanol–water partition coefficient (Wildman–Crippen LogP) is 14.7. The van der Waals surface area contributed by atoms with E-state index in [1.165, 1.54) is 148 Å². The van der Waals surface area contributed by atoms with Crippen LogP contribution in [0.15, 0.2) is 0 Å². The Bertz CT molecular complexity index is 798. The minimum Gasteiger partial charge on any atom is -0.462 e. The van der Waals surface area contributed by atoms with Crippen molar-refractivity contribution in [3.8, 4) is 0 Å². The molecule has 6 heteroatoms. The summed E-state index contributed by atoms with van der Waals surface area (Å²) in [6.45, 7) is 8.93. The third-order valence-electron chi connectivity index (χ3n) is 10.9. The van der Waals surface area contributed by atoms with E-state index in [1.807, 2.05) is 0 Å². The normalized spacial score (nSPS) is 12.5. The van der Waals surface area contributed by atoms with Crippen LogP contribution >= 0.6 is 0 Å². The van der Waals surface area contributed by atoms with Crippen molar-refractivity contribution in [2.45, 2.75) is 265 Å². The zero-order valence-electron chi connectivity index (χ0n) is 36.0. The van der Waals surface area contributed by atoms with Gasteiger partial charge in [0.25, 0.3) is 0 Å². The summed E-state index contributed by atoms with van der Waals surface area (Å²) in [6, 6.07) is 0. The second-order valence-electron chi connectivity index (χ2n) is 16.3. The Morgan fingerprint density at radius 1 is 0.377 bits per heavy atom. The highest BCUT2D eigenvalue weighted by atomic mass is 16.6. The van der Waals surface area contributed by atoms with Crippen LogP contribution in [0, 0.1) is 5.92 Å². The van der Waals surface area contributed by atoms with E-state index in [0.717, 1.165) is 70.1 Å². The summed E-state index contributed by atoms with van der Waals surface area (Å²) in [7, 11) is 0. The standard InChI is InChI=1S/C47H90O6/c1-5-8-10-12-13-14-15-16-17-18-19-20-21-22-23-27-31-35-39-46(49)52-42-44(41-51-45(48)38-34-29-11-9-6-2)53-47(50)40-36-32-28-25-24-26-30-33-37-43(4)7-3/h43-44H,5-42H2,1-4H3/t43?,44-/m0/s1. The topological polar surface area (TPSA) is 78.9 Å². The summed E-state index contributed by atoms with van der Waals surface area (Å²) in [5.74, 6) is -0.0236. The second kappa shape index (κ2) is 41.6. The second-order valence-corrected chi connectivity index (χ2v) is 16.3. The molecule has 0 aromatic carbocycles. The molecule has 0 aliphatic heterocycles. The van der Waals surface area contributed by atoms with Gasteiger partial charge in [-0.25, -0.2) is 0 Å². The van der Waals surface area contributed by atoms with Crippen LogP contribution in [0.4, 0.5) is 0 Å². The first-order chi connectivity index (χ1) is 25.9. The maximum absolute atomic E-state index is 12.7. The molecular formula is C47H90O6. The quantitative estimate of drug-likeness (QED) is 0.0351. The fourth-order valence-corrected chi connectivity index (χ4v) is 6.95. The summed E-state index contributed by atoms with van der Waals surface area (Å²) >= 11 is 0. The molecule has 0 amide bonds. The van der Waals surface area contributed by atoms with Gasteiger partial charge in [0.05, 0.1) is 0 Å². The van der Waals surface area contributed by atoms with E-state index < -0.39 is 6.10 Å².